The van der Waals surface area contributed by atoms with Gasteiger partial charge in [-0.3, -0.25) is 0 Å². The molecule has 1 atom stereocenters. The summed E-state index contributed by atoms with van der Waals surface area (Å²) in [6.45, 7) is 1.88. The highest BCUT2D eigenvalue weighted by Gasteiger charge is 2.31. The SMILES string of the molecule is Cc1cc(C(O)c2cccc(C(F)(F)F)c2)cs1. The molecule has 0 radical (unpaired) electrons. The van der Waals surface area contributed by atoms with Gasteiger partial charge in [0.1, 0.15) is 6.10 Å². The summed E-state index contributed by atoms with van der Waals surface area (Å²) in [5.41, 5.74) is 0.130. The Bertz CT molecular complexity index is 545. The van der Waals surface area contributed by atoms with Gasteiger partial charge in [-0.2, -0.15) is 13.2 Å². The smallest absolute Gasteiger partial charge is 0.384 e. The lowest BCUT2D eigenvalue weighted by atomic mass is 10.0. The largest absolute Gasteiger partial charge is 0.416 e. The minimum atomic E-state index is -4.39. The monoisotopic (exact) mass is 272 g/mol. The molecule has 0 bridgehead atoms. The van der Waals surface area contributed by atoms with E-state index in [0.29, 0.717) is 5.56 Å². The minimum Gasteiger partial charge on any atom is -0.384 e. The van der Waals surface area contributed by atoms with Crippen molar-refractivity contribution >= 4 is 11.3 Å². The summed E-state index contributed by atoms with van der Waals surface area (Å²) < 4.78 is 37.7. The number of hydrogen-bond acceptors (Lipinski definition) is 2. The van der Waals surface area contributed by atoms with Crippen molar-refractivity contribution in [3.63, 3.8) is 0 Å². The number of hydrogen-bond donors (Lipinski definition) is 1. The predicted molar refractivity (Wildman–Crippen MR) is 64.6 cm³/mol. The van der Waals surface area contributed by atoms with Crippen LogP contribution in [-0.2, 0) is 6.18 Å². The maximum absolute atomic E-state index is 12.6. The van der Waals surface area contributed by atoms with Gasteiger partial charge in [-0.05, 0) is 41.6 Å². The van der Waals surface area contributed by atoms with Gasteiger partial charge >= 0.3 is 6.18 Å². The summed E-state index contributed by atoms with van der Waals surface area (Å²) in [6, 6.07) is 6.55. The molecule has 1 unspecified atom stereocenters. The van der Waals surface area contributed by atoms with Crippen molar-refractivity contribution in [1.29, 1.82) is 0 Å². The lowest BCUT2D eigenvalue weighted by molar-refractivity contribution is -0.137. The zero-order valence-corrected chi connectivity index (χ0v) is 10.3. The molecule has 1 heterocycles. The van der Waals surface area contributed by atoms with Gasteiger partial charge in [0.15, 0.2) is 0 Å². The number of alkyl halides is 3. The molecular weight excluding hydrogens is 261 g/mol. The predicted octanol–water partition coefficient (Wildman–Crippen LogP) is 4.16. The maximum atomic E-state index is 12.6. The third-order valence-electron chi connectivity index (χ3n) is 2.60. The Labute approximate surface area is 107 Å². The molecule has 1 aromatic carbocycles. The van der Waals surface area contributed by atoms with Crippen molar-refractivity contribution in [1.82, 2.24) is 0 Å². The fraction of sp³-hybridized carbons (Fsp3) is 0.231. The van der Waals surface area contributed by atoms with Crippen LogP contribution in [0.25, 0.3) is 0 Å². The van der Waals surface area contributed by atoms with Gasteiger partial charge in [0, 0.05) is 4.88 Å². The fourth-order valence-electron chi connectivity index (χ4n) is 1.68. The van der Waals surface area contributed by atoms with Crippen LogP contribution in [0.3, 0.4) is 0 Å². The van der Waals surface area contributed by atoms with Crippen molar-refractivity contribution < 1.29 is 18.3 Å². The van der Waals surface area contributed by atoms with E-state index in [4.69, 9.17) is 0 Å². The number of halogens is 3. The molecule has 0 aliphatic carbocycles. The van der Waals surface area contributed by atoms with E-state index < -0.39 is 17.8 Å². The van der Waals surface area contributed by atoms with Crippen molar-refractivity contribution in [2.45, 2.75) is 19.2 Å². The summed E-state index contributed by atoms with van der Waals surface area (Å²) in [4.78, 5) is 1.01. The number of aliphatic hydroxyl groups is 1. The molecule has 0 saturated carbocycles. The normalized spacial score (nSPS) is 13.6. The molecule has 0 saturated heterocycles. The highest BCUT2D eigenvalue weighted by atomic mass is 32.1. The third-order valence-corrected chi connectivity index (χ3v) is 3.48. The zero-order chi connectivity index (χ0) is 13.3. The summed E-state index contributed by atoms with van der Waals surface area (Å²) >= 11 is 1.45. The highest BCUT2D eigenvalue weighted by molar-refractivity contribution is 7.10. The minimum absolute atomic E-state index is 0.252. The van der Waals surface area contributed by atoms with Gasteiger partial charge in [-0.25, -0.2) is 0 Å². The first-order valence-corrected chi connectivity index (χ1v) is 6.16. The molecule has 1 nitrogen and oxygen atoms in total. The molecule has 2 rings (SSSR count). The average Bonchev–Trinajstić information content (AvgIpc) is 2.74. The van der Waals surface area contributed by atoms with Gasteiger partial charge in [0.2, 0.25) is 0 Å². The fourth-order valence-corrected chi connectivity index (χ4v) is 2.41. The Balaban J connectivity index is 2.34. The summed E-state index contributed by atoms with van der Waals surface area (Å²) in [5.74, 6) is 0. The first-order valence-electron chi connectivity index (χ1n) is 5.28. The molecule has 0 spiro atoms. The summed E-state index contributed by atoms with van der Waals surface area (Å²) in [5, 5.41) is 11.8. The van der Waals surface area contributed by atoms with E-state index in [1.807, 2.05) is 6.92 Å². The summed E-state index contributed by atoms with van der Waals surface area (Å²) in [7, 11) is 0. The molecule has 0 amide bonds. The topological polar surface area (TPSA) is 20.2 Å². The highest BCUT2D eigenvalue weighted by Crippen LogP contribution is 2.32. The molecular formula is C13H11F3OS. The molecule has 0 aliphatic heterocycles. The number of benzene rings is 1. The van der Waals surface area contributed by atoms with Crippen molar-refractivity contribution in [2.75, 3.05) is 0 Å². The first kappa shape index (κ1) is 13.1. The van der Waals surface area contributed by atoms with E-state index in [1.54, 1.807) is 11.4 Å². The number of rotatable bonds is 2. The standard InChI is InChI=1S/C13H11F3OS/c1-8-5-10(7-18-8)12(17)9-3-2-4-11(6-9)13(14,15)16/h2-7,12,17H,1H3. The van der Waals surface area contributed by atoms with Crippen LogP contribution in [0.4, 0.5) is 13.2 Å². The van der Waals surface area contributed by atoms with E-state index in [2.05, 4.69) is 0 Å². The molecule has 0 fully saturated rings. The van der Waals surface area contributed by atoms with Crippen LogP contribution in [0.5, 0.6) is 0 Å². The Kier molecular flexibility index (Phi) is 3.45. The van der Waals surface area contributed by atoms with Gasteiger partial charge in [-0.15, -0.1) is 11.3 Å². The Hall–Kier alpha value is -1.33. The first-order chi connectivity index (χ1) is 8.38. The van der Waals surface area contributed by atoms with Crippen molar-refractivity contribution in [3.8, 4) is 0 Å². The molecule has 18 heavy (non-hydrogen) atoms. The molecule has 2 aromatic rings. The number of aliphatic hydroxyl groups excluding tert-OH is 1. The summed E-state index contributed by atoms with van der Waals surface area (Å²) in [6.07, 6.45) is -5.41. The van der Waals surface area contributed by atoms with Crippen molar-refractivity contribution in [2.24, 2.45) is 0 Å². The second-order valence-electron chi connectivity index (χ2n) is 4.02. The third kappa shape index (κ3) is 2.73. The van der Waals surface area contributed by atoms with Gasteiger partial charge < -0.3 is 5.11 Å². The van der Waals surface area contributed by atoms with Crippen LogP contribution in [0.2, 0.25) is 0 Å². The van der Waals surface area contributed by atoms with Gasteiger partial charge in [0.25, 0.3) is 0 Å². The quantitative estimate of drug-likeness (QED) is 0.870. The molecule has 96 valence electrons. The van der Waals surface area contributed by atoms with E-state index in [1.165, 1.54) is 23.5 Å². The van der Waals surface area contributed by atoms with Crippen LogP contribution in [0.15, 0.2) is 35.7 Å². The molecule has 0 aliphatic rings. The second kappa shape index (κ2) is 4.74. The lowest BCUT2D eigenvalue weighted by Crippen LogP contribution is -2.07. The number of aryl methyl sites for hydroxylation is 1. The van der Waals surface area contributed by atoms with Gasteiger partial charge in [-0.1, -0.05) is 12.1 Å². The van der Waals surface area contributed by atoms with Gasteiger partial charge in [0.05, 0.1) is 5.56 Å². The van der Waals surface area contributed by atoms with E-state index in [0.717, 1.165) is 17.0 Å². The molecule has 1 N–H and O–H groups in total. The van der Waals surface area contributed by atoms with Crippen molar-refractivity contribution in [3.05, 3.63) is 57.3 Å². The van der Waals surface area contributed by atoms with Crippen LogP contribution < -0.4 is 0 Å². The lowest BCUT2D eigenvalue weighted by Gasteiger charge is -2.12. The van der Waals surface area contributed by atoms with E-state index in [9.17, 15) is 18.3 Å². The van der Waals surface area contributed by atoms with Crippen LogP contribution in [-0.4, -0.2) is 5.11 Å². The maximum Gasteiger partial charge on any atom is 0.416 e. The van der Waals surface area contributed by atoms with Crippen LogP contribution in [0, 0.1) is 6.92 Å². The molecule has 5 heteroatoms. The zero-order valence-electron chi connectivity index (χ0n) is 9.53. The van der Waals surface area contributed by atoms with E-state index in [-0.39, 0.29) is 5.56 Å². The second-order valence-corrected chi connectivity index (χ2v) is 5.13. The Morgan fingerprint density at radius 2 is 1.89 bits per heavy atom. The van der Waals surface area contributed by atoms with Crippen LogP contribution in [0.1, 0.15) is 27.7 Å². The van der Waals surface area contributed by atoms with E-state index >= 15 is 0 Å². The number of thiophene rings is 1. The Morgan fingerprint density at radius 3 is 2.44 bits per heavy atom. The molecule has 1 aromatic heterocycles. The van der Waals surface area contributed by atoms with Crippen LogP contribution >= 0.6 is 11.3 Å². The average molecular weight is 272 g/mol. The Morgan fingerprint density at radius 1 is 1.17 bits per heavy atom.